The van der Waals surface area contributed by atoms with Crippen molar-refractivity contribution >= 4 is 17.4 Å². The number of nitrogens with zero attached hydrogens (tertiary/aromatic N) is 2. The van der Waals surface area contributed by atoms with Gasteiger partial charge in [0.25, 0.3) is 5.69 Å². The number of hydrogen-bond acceptors (Lipinski definition) is 5. The summed E-state index contributed by atoms with van der Waals surface area (Å²) in [5, 5.41) is 19.8. The molecule has 0 bridgehead atoms. The maximum atomic E-state index is 10.6. The van der Waals surface area contributed by atoms with Crippen LogP contribution in [0.3, 0.4) is 0 Å². The standard InChI is InChI=1S/C14H10N2O3S/c1-20-14-4-2-3-13(12(14)9-15)19-11-7-5-10(6-8-11)16(17)18/h2-8H,1H3. The van der Waals surface area contributed by atoms with Crippen LogP contribution in [0.2, 0.25) is 0 Å². The Balaban J connectivity index is 2.30. The molecule has 20 heavy (non-hydrogen) atoms. The summed E-state index contributed by atoms with van der Waals surface area (Å²) in [7, 11) is 0. The van der Waals surface area contributed by atoms with Gasteiger partial charge in [-0.15, -0.1) is 11.8 Å². The molecule has 100 valence electrons. The zero-order valence-electron chi connectivity index (χ0n) is 10.6. The first-order chi connectivity index (χ1) is 9.65. The molecule has 0 saturated heterocycles. The second-order valence-corrected chi connectivity index (χ2v) is 4.65. The Kier molecular flexibility index (Phi) is 4.23. The molecule has 0 saturated carbocycles. The normalized spacial score (nSPS) is 9.80. The number of nitriles is 1. The van der Waals surface area contributed by atoms with Crippen LogP contribution in [0, 0.1) is 21.4 Å². The molecule has 0 unspecified atom stereocenters. The van der Waals surface area contributed by atoms with Crippen molar-refractivity contribution in [2.45, 2.75) is 4.90 Å². The average molecular weight is 286 g/mol. The third kappa shape index (κ3) is 2.90. The molecule has 2 aromatic rings. The van der Waals surface area contributed by atoms with Gasteiger partial charge in [-0.2, -0.15) is 5.26 Å². The molecule has 0 amide bonds. The summed E-state index contributed by atoms with van der Waals surface area (Å²) in [6, 6.07) is 13.2. The Hall–Kier alpha value is -2.52. The van der Waals surface area contributed by atoms with Crippen LogP contribution >= 0.6 is 11.8 Å². The molecule has 0 aliphatic carbocycles. The second kappa shape index (κ2) is 6.08. The van der Waals surface area contributed by atoms with Gasteiger partial charge in [-0.05, 0) is 30.5 Å². The van der Waals surface area contributed by atoms with E-state index in [0.717, 1.165) is 4.90 Å². The van der Waals surface area contributed by atoms with Gasteiger partial charge in [-0.3, -0.25) is 10.1 Å². The lowest BCUT2D eigenvalue weighted by Gasteiger charge is -2.09. The number of nitro benzene ring substituents is 1. The Morgan fingerprint density at radius 3 is 2.50 bits per heavy atom. The molecular weight excluding hydrogens is 276 g/mol. The minimum absolute atomic E-state index is 0.00396. The molecule has 0 spiro atoms. The molecule has 0 aliphatic rings. The van der Waals surface area contributed by atoms with E-state index in [0.29, 0.717) is 17.1 Å². The fraction of sp³-hybridized carbons (Fsp3) is 0.0714. The molecule has 5 nitrogen and oxygen atoms in total. The number of thioether (sulfide) groups is 1. The van der Waals surface area contributed by atoms with Gasteiger partial charge in [0.05, 0.1) is 4.92 Å². The number of benzene rings is 2. The zero-order chi connectivity index (χ0) is 14.5. The van der Waals surface area contributed by atoms with E-state index in [1.54, 1.807) is 12.1 Å². The second-order valence-electron chi connectivity index (χ2n) is 3.80. The molecule has 0 atom stereocenters. The Bertz CT molecular complexity index is 678. The SMILES string of the molecule is CSc1cccc(Oc2ccc([N+](=O)[O-])cc2)c1C#N. The first-order valence-corrected chi connectivity index (χ1v) is 6.87. The molecule has 0 aliphatic heterocycles. The third-order valence-corrected chi connectivity index (χ3v) is 3.38. The molecule has 2 rings (SSSR count). The summed E-state index contributed by atoms with van der Waals surface area (Å²) in [5.74, 6) is 0.888. The monoisotopic (exact) mass is 286 g/mol. The molecular formula is C14H10N2O3S. The van der Waals surface area contributed by atoms with Crippen molar-refractivity contribution in [3.8, 4) is 17.6 Å². The highest BCUT2D eigenvalue weighted by atomic mass is 32.2. The maximum Gasteiger partial charge on any atom is 0.269 e. The van der Waals surface area contributed by atoms with Crippen molar-refractivity contribution in [3.05, 3.63) is 58.1 Å². The lowest BCUT2D eigenvalue weighted by molar-refractivity contribution is -0.384. The quantitative estimate of drug-likeness (QED) is 0.482. The van der Waals surface area contributed by atoms with Crippen molar-refractivity contribution in [1.82, 2.24) is 0 Å². The number of hydrogen-bond donors (Lipinski definition) is 0. The highest BCUT2D eigenvalue weighted by Gasteiger charge is 2.10. The van der Waals surface area contributed by atoms with Crippen molar-refractivity contribution in [2.75, 3.05) is 6.26 Å². The summed E-state index contributed by atoms with van der Waals surface area (Å²) < 4.78 is 5.62. The largest absolute Gasteiger partial charge is 0.456 e. The van der Waals surface area contributed by atoms with Gasteiger partial charge in [-0.25, -0.2) is 0 Å². The molecule has 0 heterocycles. The van der Waals surface area contributed by atoms with Crippen LogP contribution in [-0.2, 0) is 0 Å². The first kappa shape index (κ1) is 13.9. The summed E-state index contributed by atoms with van der Waals surface area (Å²) in [6.07, 6.45) is 1.88. The van der Waals surface area contributed by atoms with Gasteiger partial charge in [0, 0.05) is 17.0 Å². The molecule has 0 radical (unpaired) electrons. The summed E-state index contributed by atoms with van der Waals surface area (Å²) in [4.78, 5) is 10.9. The van der Waals surface area contributed by atoms with Crippen molar-refractivity contribution < 1.29 is 9.66 Å². The lowest BCUT2D eigenvalue weighted by atomic mass is 10.2. The van der Waals surface area contributed by atoms with Gasteiger partial charge >= 0.3 is 0 Å². The summed E-state index contributed by atoms with van der Waals surface area (Å²) in [6.45, 7) is 0. The highest BCUT2D eigenvalue weighted by Crippen LogP contribution is 2.31. The van der Waals surface area contributed by atoms with Crippen molar-refractivity contribution in [3.63, 3.8) is 0 Å². The van der Waals surface area contributed by atoms with E-state index < -0.39 is 4.92 Å². The van der Waals surface area contributed by atoms with Crippen LogP contribution in [0.25, 0.3) is 0 Å². The smallest absolute Gasteiger partial charge is 0.269 e. The van der Waals surface area contributed by atoms with Gasteiger partial charge in [0.15, 0.2) is 0 Å². The van der Waals surface area contributed by atoms with Gasteiger partial charge in [0.2, 0.25) is 0 Å². The van der Waals surface area contributed by atoms with E-state index in [2.05, 4.69) is 6.07 Å². The van der Waals surface area contributed by atoms with Gasteiger partial charge < -0.3 is 4.74 Å². The Morgan fingerprint density at radius 2 is 1.95 bits per heavy atom. The maximum absolute atomic E-state index is 10.6. The van der Waals surface area contributed by atoms with Crippen LogP contribution < -0.4 is 4.74 Å². The average Bonchev–Trinajstić information content (AvgIpc) is 2.47. The number of rotatable bonds is 4. The summed E-state index contributed by atoms with van der Waals surface area (Å²) >= 11 is 1.46. The van der Waals surface area contributed by atoms with Crippen LogP contribution in [-0.4, -0.2) is 11.2 Å². The number of non-ortho nitro benzene ring substituents is 1. The predicted molar refractivity (Wildman–Crippen MR) is 76.1 cm³/mol. The van der Waals surface area contributed by atoms with Crippen molar-refractivity contribution in [2.24, 2.45) is 0 Å². The Morgan fingerprint density at radius 1 is 1.25 bits per heavy atom. The van der Waals surface area contributed by atoms with E-state index in [-0.39, 0.29) is 5.69 Å². The zero-order valence-corrected chi connectivity index (χ0v) is 11.4. The molecule has 0 aromatic heterocycles. The fourth-order valence-electron chi connectivity index (χ4n) is 1.64. The van der Waals surface area contributed by atoms with E-state index in [1.807, 2.05) is 12.3 Å². The van der Waals surface area contributed by atoms with E-state index in [4.69, 9.17) is 4.74 Å². The molecule has 0 N–H and O–H groups in total. The molecule has 0 fully saturated rings. The topological polar surface area (TPSA) is 76.2 Å². The van der Waals surface area contributed by atoms with Crippen LogP contribution in [0.15, 0.2) is 47.4 Å². The van der Waals surface area contributed by atoms with Gasteiger partial charge in [-0.1, -0.05) is 6.07 Å². The molecule has 2 aromatic carbocycles. The van der Waals surface area contributed by atoms with Crippen molar-refractivity contribution in [1.29, 1.82) is 5.26 Å². The van der Waals surface area contributed by atoms with E-state index >= 15 is 0 Å². The molecule has 6 heteroatoms. The minimum atomic E-state index is -0.473. The van der Waals surface area contributed by atoms with E-state index in [1.165, 1.54) is 36.0 Å². The minimum Gasteiger partial charge on any atom is -0.456 e. The summed E-state index contributed by atoms with van der Waals surface area (Å²) in [5.41, 5.74) is 0.453. The van der Waals surface area contributed by atoms with Crippen LogP contribution in [0.4, 0.5) is 5.69 Å². The Labute approximate surface area is 120 Å². The highest BCUT2D eigenvalue weighted by molar-refractivity contribution is 7.98. The van der Waals surface area contributed by atoms with Gasteiger partial charge in [0.1, 0.15) is 23.1 Å². The third-order valence-electron chi connectivity index (χ3n) is 2.60. The van der Waals surface area contributed by atoms with Crippen LogP contribution in [0.1, 0.15) is 5.56 Å². The first-order valence-electron chi connectivity index (χ1n) is 5.65. The fourth-order valence-corrected chi connectivity index (χ4v) is 2.20. The van der Waals surface area contributed by atoms with E-state index in [9.17, 15) is 15.4 Å². The number of nitro groups is 1. The lowest BCUT2D eigenvalue weighted by Crippen LogP contribution is -1.91. The number of ether oxygens (including phenoxy) is 1. The van der Waals surface area contributed by atoms with Crippen LogP contribution in [0.5, 0.6) is 11.5 Å². The predicted octanol–water partition coefficient (Wildman–Crippen LogP) is 3.98.